The molecule has 6 rings (SSSR count). The highest BCUT2D eigenvalue weighted by atomic mass is 32.2. The molecule has 1 fully saturated rings. The van der Waals surface area contributed by atoms with E-state index < -0.39 is 21.6 Å². The van der Waals surface area contributed by atoms with Gasteiger partial charge >= 0.3 is 5.63 Å². The Hall–Kier alpha value is -3.98. The quantitative estimate of drug-likeness (QED) is 0.326. The molecule has 2 aromatic carbocycles. The average Bonchev–Trinajstić information content (AvgIpc) is 3.74. The van der Waals surface area contributed by atoms with Gasteiger partial charge in [-0.15, -0.1) is 0 Å². The van der Waals surface area contributed by atoms with Crippen LogP contribution in [-0.4, -0.2) is 24.3 Å². The molecule has 0 spiro atoms. The van der Waals surface area contributed by atoms with E-state index in [1.54, 1.807) is 54.7 Å². The second-order valence-corrected chi connectivity index (χ2v) is 12.0. The Morgan fingerprint density at radius 3 is 2.56 bits per heavy atom. The number of aryl methyl sites for hydroxylation is 1. The molecule has 1 unspecified atom stereocenters. The third-order valence-corrected chi connectivity index (χ3v) is 8.99. The lowest BCUT2D eigenvalue weighted by Crippen LogP contribution is -2.21. The second-order valence-electron chi connectivity index (χ2n) is 10.3. The molecule has 200 valence electrons. The molecule has 2 aliphatic rings. The largest absolute Gasteiger partial charge is 0.506 e. The van der Waals surface area contributed by atoms with Gasteiger partial charge in [0, 0.05) is 36.0 Å². The zero-order chi connectivity index (χ0) is 27.1. The number of hydrogen-bond acceptors (Lipinski definition) is 7. The van der Waals surface area contributed by atoms with Crippen molar-refractivity contribution < 1.29 is 22.7 Å². The first-order valence-corrected chi connectivity index (χ1v) is 14.7. The van der Waals surface area contributed by atoms with Gasteiger partial charge in [-0.2, -0.15) is 0 Å². The van der Waals surface area contributed by atoms with Crippen LogP contribution in [-0.2, 0) is 16.4 Å². The van der Waals surface area contributed by atoms with E-state index in [-0.39, 0.29) is 39.2 Å². The van der Waals surface area contributed by atoms with Crippen LogP contribution in [0.25, 0.3) is 10.9 Å². The number of anilines is 1. The molecule has 8 nitrogen and oxygen atoms in total. The predicted octanol–water partition coefficient (Wildman–Crippen LogP) is 5.54. The Balaban J connectivity index is 1.40. The van der Waals surface area contributed by atoms with Crippen LogP contribution in [0.1, 0.15) is 71.7 Å². The molecule has 2 aromatic heterocycles. The van der Waals surface area contributed by atoms with Crippen LogP contribution in [0.2, 0.25) is 0 Å². The molecule has 0 aliphatic heterocycles. The number of nitrogens with one attached hydrogen (secondary N) is 1. The zero-order valence-corrected chi connectivity index (χ0v) is 22.0. The number of sulfonamides is 1. The Bertz CT molecular complexity index is 1750. The third-order valence-electron chi connectivity index (χ3n) is 7.58. The summed E-state index contributed by atoms with van der Waals surface area (Å²) < 4.78 is 35.1. The summed E-state index contributed by atoms with van der Waals surface area (Å²) in [6.45, 7) is 0. The fraction of sp³-hybridized carbons (Fsp3) is 0.300. The summed E-state index contributed by atoms with van der Waals surface area (Å²) in [6, 6.07) is 15.3. The number of fused-ring (bicyclic) bond motifs is 2. The van der Waals surface area contributed by atoms with Crippen LogP contribution in [0.15, 0.2) is 74.9 Å². The fourth-order valence-corrected chi connectivity index (χ4v) is 6.82. The van der Waals surface area contributed by atoms with Crippen molar-refractivity contribution in [3.8, 4) is 5.75 Å². The van der Waals surface area contributed by atoms with Crippen molar-refractivity contribution in [3.05, 3.63) is 93.7 Å². The van der Waals surface area contributed by atoms with Crippen LogP contribution < -0.4 is 10.3 Å². The zero-order valence-electron chi connectivity index (χ0n) is 21.2. The maximum Gasteiger partial charge on any atom is 0.343 e. The van der Waals surface area contributed by atoms with Gasteiger partial charge in [0.25, 0.3) is 10.0 Å². The monoisotopic (exact) mass is 544 g/mol. The second kappa shape index (κ2) is 9.96. The van der Waals surface area contributed by atoms with Crippen LogP contribution in [0.5, 0.6) is 5.75 Å². The van der Waals surface area contributed by atoms with Gasteiger partial charge in [0.1, 0.15) is 16.4 Å². The summed E-state index contributed by atoms with van der Waals surface area (Å²) in [5.41, 5.74) is 0.891. The highest BCUT2D eigenvalue weighted by Gasteiger charge is 2.39. The molecule has 1 atom stereocenters. The highest BCUT2D eigenvalue weighted by molar-refractivity contribution is 7.93. The topological polar surface area (TPSA) is 127 Å². The van der Waals surface area contributed by atoms with Crippen molar-refractivity contribution in [2.45, 2.75) is 55.8 Å². The van der Waals surface area contributed by atoms with Gasteiger partial charge in [0.2, 0.25) is 0 Å². The van der Waals surface area contributed by atoms with E-state index in [1.165, 1.54) is 6.07 Å². The van der Waals surface area contributed by atoms with Crippen LogP contribution >= 0.6 is 0 Å². The van der Waals surface area contributed by atoms with E-state index in [0.717, 1.165) is 32.1 Å². The number of benzene rings is 2. The molecule has 4 aromatic rings. The molecule has 9 heteroatoms. The molecule has 0 bridgehead atoms. The van der Waals surface area contributed by atoms with E-state index in [1.807, 2.05) is 0 Å². The number of hydrogen-bond donors (Lipinski definition) is 2. The summed E-state index contributed by atoms with van der Waals surface area (Å²) in [5.74, 6) is -0.723. The number of carbonyl (C=O) groups is 1. The minimum absolute atomic E-state index is 0.0585. The summed E-state index contributed by atoms with van der Waals surface area (Å²) >= 11 is 0. The van der Waals surface area contributed by atoms with Crippen molar-refractivity contribution >= 4 is 32.4 Å². The minimum Gasteiger partial charge on any atom is -0.506 e. The molecule has 39 heavy (non-hydrogen) atoms. The number of aromatic nitrogens is 1. The van der Waals surface area contributed by atoms with E-state index in [2.05, 4.69) is 9.71 Å². The van der Waals surface area contributed by atoms with E-state index in [9.17, 15) is 23.1 Å². The summed E-state index contributed by atoms with van der Waals surface area (Å²) in [6.07, 6.45) is 6.32. The SMILES string of the molecule is O=C1CCCCCc2oc(=O)c(C(c3cccc(NS(=O)(=O)c4cccc5cccnc45)c3)C3CC3)c(O)c21. The number of aromatic hydroxyl groups is 1. The number of rotatable bonds is 6. The number of pyridine rings is 1. The Labute approximate surface area is 225 Å². The van der Waals surface area contributed by atoms with Crippen LogP contribution in [0, 0.1) is 5.92 Å². The predicted molar refractivity (Wildman–Crippen MR) is 147 cm³/mol. The maximum absolute atomic E-state index is 13.4. The maximum atomic E-state index is 13.4. The lowest BCUT2D eigenvalue weighted by molar-refractivity contribution is 0.0968. The fourth-order valence-electron chi connectivity index (χ4n) is 5.59. The van der Waals surface area contributed by atoms with Crippen molar-refractivity contribution in [1.82, 2.24) is 4.98 Å². The number of carbonyl (C=O) groups excluding carboxylic acids is 1. The Morgan fingerprint density at radius 2 is 1.74 bits per heavy atom. The van der Waals surface area contributed by atoms with E-state index >= 15 is 0 Å². The first kappa shape index (κ1) is 25.3. The number of Topliss-reactive ketones (excluding diaryl/α,β-unsaturated/α-hetero) is 1. The van der Waals surface area contributed by atoms with E-state index in [0.29, 0.717) is 35.0 Å². The summed E-state index contributed by atoms with van der Waals surface area (Å²) in [7, 11) is -3.98. The first-order chi connectivity index (χ1) is 18.8. The van der Waals surface area contributed by atoms with Crippen molar-refractivity contribution in [2.24, 2.45) is 5.92 Å². The molecule has 0 saturated heterocycles. The molecular weight excluding hydrogens is 516 g/mol. The molecule has 2 heterocycles. The van der Waals surface area contributed by atoms with Crippen molar-refractivity contribution in [2.75, 3.05) is 4.72 Å². The third kappa shape index (κ3) is 4.83. The number of nitrogens with zero attached hydrogens (tertiary/aromatic N) is 1. The standard InChI is InChI=1S/C30H28N2O6S/c33-22-11-2-1-3-12-23-26(22)29(34)27(30(35)38-23)25(18-14-15-18)20-8-4-10-21(17-20)32-39(36,37)24-13-5-7-19-9-6-16-31-28(19)24/h4-10,13,16-18,25,32,34H,1-3,11-12,14-15H2. The Kier molecular flexibility index (Phi) is 6.46. The molecule has 2 N–H and O–H groups in total. The van der Waals surface area contributed by atoms with Gasteiger partial charge < -0.3 is 9.52 Å². The van der Waals surface area contributed by atoms with Crippen molar-refractivity contribution in [3.63, 3.8) is 0 Å². The highest BCUT2D eigenvalue weighted by Crippen LogP contribution is 2.49. The minimum atomic E-state index is -3.98. The number of ketones is 1. The molecule has 1 saturated carbocycles. The van der Waals surface area contributed by atoms with Gasteiger partial charge in [-0.05, 0) is 61.4 Å². The van der Waals surface area contributed by atoms with E-state index in [4.69, 9.17) is 4.42 Å². The van der Waals surface area contributed by atoms with Crippen LogP contribution in [0.3, 0.4) is 0 Å². The lowest BCUT2D eigenvalue weighted by atomic mass is 9.85. The molecule has 0 radical (unpaired) electrons. The smallest absolute Gasteiger partial charge is 0.343 e. The van der Waals surface area contributed by atoms with Gasteiger partial charge in [-0.1, -0.05) is 36.8 Å². The van der Waals surface area contributed by atoms with Gasteiger partial charge in [-0.3, -0.25) is 14.5 Å². The summed E-state index contributed by atoms with van der Waals surface area (Å²) in [5, 5.41) is 12.0. The van der Waals surface area contributed by atoms with Crippen LogP contribution in [0.4, 0.5) is 5.69 Å². The molecule has 0 amide bonds. The lowest BCUT2D eigenvalue weighted by Gasteiger charge is -2.21. The Morgan fingerprint density at radius 1 is 0.974 bits per heavy atom. The van der Waals surface area contributed by atoms with Crippen molar-refractivity contribution in [1.29, 1.82) is 0 Å². The normalized spacial score (nSPS) is 16.8. The summed E-state index contributed by atoms with van der Waals surface area (Å²) in [4.78, 5) is 30.5. The molecular formula is C30H28N2O6S. The average molecular weight is 545 g/mol. The van der Waals surface area contributed by atoms with Gasteiger partial charge in [0.15, 0.2) is 5.78 Å². The van der Waals surface area contributed by atoms with Gasteiger partial charge in [0.05, 0.1) is 16.6 Å². The molecule has 2 aliphatic carbocycles. The first-order valence-electron chi connectivity index (χ1n) is 13.2. The number of para-hydroxylation sites is 1. The van der Waals surface area contributed by atoms with Gasteiger partial charge in [-0.25, -0.2) is 13.2 Å².